The van der Waals surface area contributed by atoms with Crippen molar-refractivity contribution in [1.29, 1.82) is 0 Å². The molecular weight excluding hydrogens is 432 g/mol. The third kappa shape index (κ3) is 5.20. The number of sulfonamides is 1. The number of imidazole rings is 1. The Bertz CT molecular complexity index is 1020. The Hall–Kier alpha value is -2.57. The zero-order chi connectivity index (χ0) is 22.6. The number of nitrogens with zero attached hydrogens (tertiary/aromatic N) is 4. The SMILES string of the molecule is CN(C)S(=O)(=O)c1ccc(N2CCOCC2)c(C(=O)NCCc2nccn2C(F)F)c1. The normalized spacial score (nSPS) is 15.0. The maximum absolute atomic E-state index is 13.0. The van der Waals surface area contributed by atoms with Gasteiger partial charge in [0.05, 0.1) is 23.7 Å². The highest BCUT2D eigenvalue weighted by Gasteiger charge is 2.24. The molecule has 1 aromatic heterocycles. The summed E-state index contributed by atoms with van der Waals surface area (Å²) < 4.78 is 58.1. The number of hydrogen-bond acceptors (Lipinski definition) is 6. The minimum Gasteiger partial charge on any atom is -0.378 e. The molecule has 12 heteroatoms. The molecule has 1 N–H and O–H groups in total. The monoisotopic (exact) mass is 457 g/mol. The predicted molar refractivity (Wildman–Crippen MR) is 110 cm³/mol. The number of hydrogen-bond donors (Lipinski definition) is 1. The highest BCUT2D eigenvalue weighted by molar-refractivity contribution is 7.89. The fourth-order valence-corrected chi connectivity index (χ4v) is 4.18. The Kier molecular flexibility index (Phi) is 7.23. The van der Waals surface area contributed by atoms with E-state index in [2.05, 4.69) is 10.3 Å². The van der Waals surface area contributed by atoms with Crippen LogP contribution in [0.2, 0.25) is 0 Å². The summed E-state index contributed by atoms with van der Waals surface area (Å²) in [4.78, 5) is 18.8. The molecule has 0 atom stereocenters. The van der Waals surface area contributed by atoms with Gasteiger partial charge in [-0.05, 0) is 18.2 Å². The number of rotatable bonds is 8. The van der Waals surface area contributed by atoms with Gasteiger partial charge in [0.2, 0.25) is 10.0 Å². The lowest BCUT2D eigenvalue weighted by molar-refractivity contribution is 0.0670. The van der Waals surface area contributed by atoms with Crippen LogP contribution in [-0.4, -0.2) is 75.1 Å². The lowest BCUT2D eigenvalue weighted by Crippen LogP contribution is -2.38. The van der Waals surface area contributed by atoms with Gasteiger partial charge in [-0.2, -0.15) is 8.78 Å². The van der Waals surface area contributed by atoms with Crippen molar-refractivity contribution in [1.82, 2.24) is 19.2 Å². The standard InChI is InChI=1S/C19H25F2N5O4S/c1-24(2)31(28,29)14-3-4-16(25-9-11-30-12-10-25)15(13-14)18(27)23-6-5-17-22-7-8-26(17)19(20)21/h3-4,7-8,13,19H,5-6,9-12H2,1-2H3,(H,23,27). The van der Waals surface area contributed by atoms with Gasteiger partial charge in [0.1, 0.15) is 5.82 Å². The van der Waals surface area contributed by atoms with E-state index < -0.39 is 22.5 Å². The van der Waals surface area contributed by atoms with Crippen molar-refractivity contribution < 1.29 is 26.7 Å². The van der Waals surface area contributed by atoms with E-state index in [0.29, 0.717) is 32.0 Å². The molecule has 1 fully saturated rings. The van der Waals surface area contributed by atoms with Gasteiger partial charge in [0, 0.05) is 58.2 Å². The van der Waals surface area contributed by atoms with Crippen molar-refractivity contribution in [3.63, 3.8) is 0 Å². The molecule has 0 unspecified atom stereocenters. The third-order valence-electron chi connectivity index (χ3n) is 4.94. The van der Waals surface area contributed by atoms with Crippen LogP contribution in [0.5, 0.6) is 0 Å². The molecule has 0 bridgehead atoms. The van der Waals surface area contributed by atoms with Gasteiger partial charge in [0.15, 0.2) is 0 Å². The number of carbonyl (C=O) groups is 1. The average molecular weight is 458 g/mol. The first-order chi connectivity index (χ1) is 14.7. The van der Waals surface area contributed by atoms with E-state index in [4.69, 9.17) is 4.74 Å². The van der Waals surface area contributed by atoms with E-state index >= 15 is 0 Å². The van der Waals surface area contributed by atoms with Gasteiger partial charge >= 0.3 is 6.55 Å². The fraction of sp³-hybridized carbons (Fsp3) is 0.474. The van der Waals surface area contributed by atoms with Crippen molar-refractivity contribution >= 4 is 21.6 Å². The van der Waals surface area contributed by atoms with Crippen molar-refractivity contribution in [2.24, 2.45) is 0 Å². The molecule has 3 rings (SSSR count). The fourth-order valence-electron chi connectivity index (χ4n) is 3.25. The summed E-state index contributed by atoms with van der Waals surface area (Å²) in [6.07, 6.45) is 2.55. The molecule has 1 saturated heterocycles. The second-order valence-electron chi connectivity index (χ2n) is 7.10. The van der Waals surface area contributed by atoms with Crippen LogP contribution in [0.15, 0.2) is 35.5 Å². The first kappa shape index (κ1) is 23.1. The van der Waals surface area contributed by atoms with Crippen LogP contribution in [0.4, 0.5) is 14.5 Å². The highest BCUT2D eigenvalue weighted by Crippen LogP contribution is 2.26. The summed E-state index contributed by atoms with van der Waals surface area (Å²) in [5.74, 6) is -0.347. The first-order valence-electron chi connectivity index (χ1n) is 9.69. The number of halogens is 2. The summed E-state index contributed by atoms with van der Waals surface area (Å²) >= 11 is 0. The zero-order valence-electron chi connectivity index (χ0n) is 17.3. The number of morpholine rings is 1. The minimum atomic E-state index is -3.74. The maximum Gasteiger partial charge on any atom is 0.319 e. The van der Waals surface area contributed by atoms with Crippen molar-refractivity contribution in [2.75, 3.05) is 51.8 Å². The van der Waals surface area contributed by atoms with E-state index in [1.807, 2.05) is 4.90 Å². The smallest absolute Gasteiger partial charge is 0.319 e. The van der Waals surface area contributed by atoms with E-state index in [9.17, 15) is 22.0 Å². The minimum absolute atomic E-state index is 0.00657. The molecule has 0 aliphatic carbocycles. The molecular formula is C19H25F2N5O4S. The summed E-state index contributed by atoms with van der Waals surface area (Å²) in [5, 5.41) is 2.69. The molecule has 1 aliphatic heterocycles. The van der Waals surface area contributed by atoms with E-state index in [1.165, 1.54) is 38.6 Å². The molecule has 0 spiro atoms. The van der Waals surface area contributed by atoms with Crippen LogP contribution in [0.1, 0.15) is 22.7 Å². The number of carbonyl (C=O) groups excluding carboxylic acids is 1. The summed E-state index contributed by atoms with van der Waals surface area (Å²) in [6.45, 7) is -0.536. The summed E-state index contributed by atoms with van der Waals surface area (Å²) in [5.41, 5.74) is 0.787. The topological polar surface area (TPSA) is 96.8 Å². The number of benzene rings is 1. The molecule has 1 aromatic carbocycles. The maximum atomic E-state index is 13.0. The Morgan fingerprint density at radius 3 is 2.65 bits per heavy atom. The molecule has 170 valence electrons. The van der Waals surface area contributed by atoms with E-state index in [-0.39, 0.29) is 29.2 Å². The van der Waals surface area contributed by atoms with Crippen LogP contribution in [0, 0.1) is 0 Å². The quantitative estimate of drug-likeness (QED) is 0.643. The van der Waals surface area contributed by atoms with Gasteiger partial charge in [0.25, 0.3) is 5.91 Å². The lowest BCUT2D eigenvalue weighted by atomic mass is 10.1. The molecule has 0 saturated carbocycles. The number of nitrogens with one attached hydrogen (secondary N) is 1. The van der Waals surface area contributed by atoms with Crippen LogP contribution >= 0.6 is 0 Å². The molecule has 2 aromatic rings. The van der Waals surface area contributed by atoms with Crippen LogP contribution < -0.4 is 10.2 Å². The third-order valence-corrected chi connectivity index (χ3v) is 6.75. The Balaban J connectivity index is 1.83. The van der Waals surface area contributed by atoms with Gasteiger partial charge < -0.3 is 15.0 Å². The number of aromatic nitrogens is 2. The largest absolute Gasteiger partial charge is 0.378 e. The number of alkyl halides is 2. The molecule has 31 heavy (non-hydrogen) atoms. The van der Waals surface area contributed by atoms with Crippen LogP contribution in [-0.2, 0) is 21.2 Å². The summed E-state index contributed by atoms with van der Waals surface area (Å²) in [7, 11) is -0.912. The van der Waals surface area contributed by atoms with E-state index in [1.54, 1.807) is 6.07 Å². The number of ether oxygens (including phenoxy) is 1. The van der Waals surface area contributed by atoms with Crippen molar-refractivity contribution in [3.8, 4) is 0 Å². The van der Waals surface area contributed by atoms with Crippen LogP contribution in [0.25, 0.3) is 0 Å². The number of anilines is 1. The van der Waals surface area contributed by atoms with Gasteiger partial charge in [-0.15, -0.1) is 0 Å². The molecule has 2 heterocycles. The highest BCUT2D eigenvalue weighted by atomic mass is 32.2. The molecule has 1 amide bonds. The Morgan fingerprint density at radius 1 is 1.29 bits per heavy atom. The second kappa shape index (κ2) is 9.71. The lowest BCUT2D eigenvalue weighted by Gasteiger charge is -2.30. The second-order valence-corrected chi connectivity index (χ2v) is 9.25. The van der Waals surface area contributed by atoms with Crippen LogP contribution in [0.3, 0.4) is 0 Å². The van der Waals surface area contributed by atoms with Gasteiger partial charge in [-0.25, -0.2) is 17.7 Å². The molecule has 9 nitrogen and oxygen atoms in total. The molecule has 1 aliphatic rings. The number of amides is 1. The Morgan fingerprint density at radius 2 is 2.00 bits per heavy atom. The molecule has 0 radical (unpaired) electrons. The van der Waals surface area contributed by atoms with Crippen molar-refractivity contribution in [2.45, 2.75) is 17.9 Å². The Labute approximate surface area is 179 Å². The first-order valence-corrected chi connectivity index (χ1v) is 11.1. The summed E-state index contributed by atoms with van der Waals surface area (Å²) in [6, 6.07) is 4.42. The van der Waals surface area contributed by atoms with E-state index in [0.717, 1.165) is 8.87 Å². The van der Waals surface area contributed by atoms with Gasteiger partial charge in [-0.3, -0.25) is 9.36 Å². The zero-order valence-corrected chi connectivity index (χ0v) is 18.1. The van der Waals surface area contributed by atoms with Crippen molar-refractivity contribution in [3.05, 3.63) is 42.0 Å². The van der Waals surface area contributed by atoms with Gasteiger partial charge in [-0.1, -0.05) is 0 Å². The predicted octanol–water partition coefficient (Wildman–Crippen LogP) is 1.34. The average Bonchev–Trinajstić information content (AvgIpc) is 3.22.